The number of nitrogens with one attached hydrogen (secondary N) is 1. The second-order valence-corrected chi connectivity index (χ2v) is 3.28. The smallest absolute Gasteiger partial charge is 0.167 e. The number of aliphatic hydroxyl groups is 3. The maximum atomic E-state index is 9.09. The van der Waals surface area contributed by atoms with Crippen molar-refractivity contribution in [1.82, 2.24) is 10.2 Å². The average Bonchev–Trinajstić information content (AvgIpc) is 2.36. The van der Waals surface area contributed by atoms with Crippen LogP contribution in [0.3, 0.4) is 0 Å². The fourth-order valence-electron chi connectivity index (χ4n) is 1.03. The average molecular weight is 224 g/mol. The van der Waals surface area contributed by atoms with Crippen LogP contribution in [-0.2, 0) is 0 Å². The van der Waals surface area contributed by atoms with Crippen molar-refractivity contribution in [2.45, 2.75) is 5.54 Å². The molecule has 0 atom stereocenters. The number of hydrogen-bond donors (Lipinski definition) is 4. The number of nitrogens with zero attached hydrogens (tertiary/aromatic N) is 3. The van der Waals surface area contributed by atoms with Crippen molar-refractivity contribution in [2.24, 2.45) is 0 Å². The van der Waals surface area contributed by atoms with Gasteiger partial charge >= 0.3 is 0 Å². The molecule has 86 valence electrons. The molecule has 16 heavy (non-hydrogen) atoms. The van der Waals surface area contributed by atoms with Crippen molar-refractivity contribution < 1.29 is 15.3 Å². The summed E-state index contributed by atoms with van der Waals surface area (Å²) in [5, 5.41) is 45.9. The van der Waals surface area contributed by atoms with E-state index in [-0.39, 0.29) is 11.4 Å². The number of aromatic nitrogens is 2. The van der Waals surface area contributed by atoms with Crippen molar-refractivity contribution in [3.63, 3.8) is 0 Å². The molecule has 7 heteroatoms. The fraction of sp³-hybridized carbons (Fsp3) is 0.444. The van der Waals surface area contributed by atoms with Gasteiger partial charge < -0.3 is 20.6 Å². The van der Waals surface area contributed by atoms with E-state index < -0.39 is 25.4 Å². The maximum absolute atomic E-state index is 9.09. The number of aliphatic hydroxyl groups excluding tert-OH is 3. The molecular weight excluding hydrogens is 212 g/mol. The van der Waals surface area contributed by atoms with Crippen LogP contribution in [0.15, 0.2) is 12.3 Å². The summed E-state index contributed by atoms with van der Waals surface area (Å²) in [5.74, 6) is 0.113. The Kier molecular flexibility index (Phi) is 4.13. The van der Waals surface area contributed by atoms with Gasteiger partial charge in [0, 0.05) is 0 Å². The van der Waals surface area contributed by atoms with Gasteiger partial charge in [0.15, 0.2) is 5.82 Å². The molecule has 0 amide bonds. The highest BCUT2D eigenvalue weighted by Crippen LogP contribution is 2.15. The number of anilines is 1. The molecule has 0 aliphatic heterocycles. The Morgan fingerprint density at radius 2 is 1.94 bits per heavy atom. The van der Waals surface area contributed by atoms with Crippen LogP contribution in [0, 0.1) is 11.3 Å². The van der Waals surface area contributed by atoms with E-state index in [9.17, 15) is 0 Å². The topological polar surface area (TPSA) is 122 Å². The molecule has 0 radical (unpaired) electrons. The van der Waals surface area contributed by atoms with Gasteiger partial charge in [0.05, 0.1) is 31.6 Å². The maximum Gasteiger partial charge on any atom is 0.167 e. The molecule has 0 aromatic carbocycles. The summed E-state index contributed by atoms with van der Waals surface area (Å²) >= 11 is 0. The van der Waals surface area contributed by atoms with Crippen LogP contribution < -0.4 is 5.32 Å². The highest BCUT2D eigenvalue weighted by atomic mass is 16.3. The molecule has 0 aliphatic rings. The molecule has 0 saturated carbocycles. The Bertz CT molecular complexity index is 378. The Labute approximate surface area is 92.0 Å². The fourth-order valence-corrected chi connectivity index (χ4v) is 1.03. The van der Waals surface area contributed by atoms with Crippen LogP contribution in [0.1, 0.15) is 5.56 Å². The van der Waals surface area contributed by atoms with Crippen LogP contribution in [0.2, 0.25) is 0 Å². The Balaban J connectivity index is 2.99. The second-order valence-electron chi connectivity index (χ2n) is 3.28. The van der Waals surface area contributed by atoms with Crippen molar-refractivity contribution in [3.05, 3.63) is 17.8 Å². The highest BCUT2D eigenvalue weighted by molar-refractivity contribution is 5.51. The van der Waals surface area contributed by atoms with Crippen LogP contribution in [-0.4, -0.2) is 50.9 Å². The minimum Gasteiger partial charge on any atom is -0.394 e. The molecule has 0 spiro atoms. The van der Waals surface area contributed by atoms with E-state index >= 15 is 0 Å². The molecule has 1 aromatic heterocycles. The van der Waals surface area contributed by atoms with Gasteiger partial charge in [-0.25, -0.2) is 0 Å². The first kappa shape index (κ1) is 12.3. The summed E-state index contributed by atoms with van der Waals surface area (Å²) in [4.78, 5) is 0. The third-order valence-electron chi connectivity index (χ3n) is 2.13. The van der Waals surface area contributed by atoms with Crippen LogP contribution in [0.4, 0.5) is 5.82 Å². The third kappa shape index (κ3) is 2.43. The summed E-state index contributed by atoms with van der Waals surface area (Å²) in [6.45, 7) is -1.50. The molecule has 7 nitrogen and oxygen atoms in total. The van der Waals surface area contributed by atoms with Crippen molar-refractivity contribution >= 4 is 5.82 Å². The lowest BCUT2D eigenvalue weighted by Gasteiger charge is -2.29. The van der Waals surface area contributed by atoms with E-state index in [1.807, 2.05) is 6.07 Å². The minimum atomic E-state index is -1.32. The Morgan fingerprint density at radius 3 is 2.44 bits per heavy atom. The van der Waals surface area contributed by atoms with Gasteiger partial charge in [-0.15, -0.1) is 5.10 Å². The molecule has 1 aromatic rings. The van der Waals surface area contributed by atoms with Crippen molar-refractivity contribution in [2.75, 3.05) is 25.1 Å². The van der Waals surface area contributed by atoms with Crippen LogP contribution in [0.5, 0.6) is 0 Å². The van der Waals surface area contributed by atoms with E-state index in [1.165, 1.54) is 12.3 Å². The molecule has 1 rings (SSSR count). The summed E-state index contributed by atoms with van der Waals surface area (Å²) in [7, 11) is 0. The van der Waals surface area contributed by atoms with E-state index in [0.717, 1.165) is 0 Å². The standard InChI is InChI=1S/C9H12N4O3/c10-3-7-1-2-11-13-8(7)12-9(4-14,5-15)6-16/h1-2,14-16H,4-6H2,(H,12,13). The zero-order chi connectivity index (χ0) is 12.0. The lowest BCUT2D eigenvalue weighted by Crippen LogP contribution is -2.49. The predicted octanol–water partition coefficient (Wildman–Crippen LogP) is -1.52. The molecule has 0 bridgehead atoms. The minimum absolute atomic E-state index is 0.113. The molecule has 0 unspecified atom stereocenters. The first-order chi connectivity index (χ1) is 7.71. The summed E-state index contributed by atoms with van der Waals surface area (Å²) in [5.41, 5.74) is -1.10. The summed E-state index contributed by atoms with van der Waals surface area (Å²) < 4.78 is 0. The van der Waals surface area contributed by atoms with Gasteiger partial charge in [-0.3, -0.25) is 0 Å². The molecule has 1 heterocycles. The SMILES string of the molecule is N#Cc1ccnnc1NC(CO)(CO)CO. The quantitative estimate of drug-likeness (QED) is 0.478. The second kappa shape index (κ2) is 5.37. The predicted molar refractivity (Wildman–Crippen MR) is 54.4 cm³/mol. The van der Waals surface area contributed by atoms with Crippen molar-refractivity contribution in [3.8, 4) is 6.07 Å². The lowest BCUT2D eigenvalue weighted by atomic mass is 10.0. The zero-order valence-corrected chi connectivity index (χ0v) is 8.46. The van der Waals surface area contributed by atoms with E-state index in [1.54, 1.807) is 0 Å². The molecule has 0 aliphatic carbocycles. The zero-order valence-electron chi connectivity index (χ0n) is 8.46. The molecular formula is C9H12N4O3. The van der Waals surface area contributed by atoms with Gasteiger partial charge in [-0.2, -0.15) is 10.4 Å². The van der Waals surface area contributed by atoms with Crippen molar-refractivity contribution in [1.29, 1.82) is 5.26 Å². The molecule has 0 fully saturated rings. The number of nitriles is 1. The lowest BCUT2D eigenvalue weighted by molar-refractivity contribution is 0.0830. The first-order valence-electron chi connectivity index (χ1n) is 4.54. The van der Waals surface area contributed by atoms with E-state index in [0.29, 0.717) is 0 Å². The summed E-state index contributed by atoms with van der Waals surface area (Å²) in [6, 6.07) is 3.32. The van der Waals surface area contributed by atoms with Gasteiger partial charge in [-0.05, 0) is 6.07 Å². The van der Waals surface area contributed by atoms with Gasteiger partial charge in [0.25, 0.3) is 0 Å². The number of rotatable bonds is 5. The Morgan fingerprint density at radius 1 is 1.31 bits per heavy atom. The molecule has 0 saturated heterocycles. The van der Waals surface area contributed by atoms with Crippen LogP contribution >= 0.6 is 0 Å². The van der Waals surface area contributed by atoms with Gasteiger partial charge in [0.2, 0.25) is 0 Å². The number of hydrogen-bond acceptors (Lipinski definition) is 7. The monoisotopic (exact) mass is 224 g/mol. The van der Waals surface area contributed by atoms with E-state index in [2.05, 4.69) is 15.5 Å². The molecule has 4 N–H and O–H groups in total. The summed E-state index contributed by atoms with van der Waals surface area (Å²) in [6.07, 6.45) is 1.35. The van der Waals surface area contributed by atoms with Gasteiger partial charge in [-0.1, -0.05) is 0 Å². The first-order valence-corrected chi connectivity index (χ1v) is 4.54. The third-order valence-corrected chi connectivity index (χ3v) is 2.13. The Hall–Kier alpha value is -1.75. The highest BCUT2D eigenvalue weighted by Gasteiger charge is 2.29. The normalized spacial score (nSPS) is 10.9. The largest absolute Gasteiger partial charge is 0.394 e. The van der Waals surface area contributed by atoms with E-state index in [4.69, 9.17) is 20.6 Å². The van der Waals surface area contributed by atoms with Crippen LogP contribution in [0.25, 0.3) is 0 Å². The van der Waals surface area contributed by atoms with Gasteiger partial charge in [0.1, 0.15) is 11.6 Å².